The lowest BCUT2D eigenvalue weighted by atomic mass is 9.92. The van der Waals surface area contributed by atoms with E-state index in [0.717, 1.165) is 16.7 Å². The number of hydrogen-bond acceptors (Lipinski definition) is 3. The molecule has 0 fully saturated rings. The number of nitrogens with two attached hydrogens (primary N) is 1. The summed E-state index contributed by atoms with van der Waals surface area (Å²) >= 11 is 0. The van der Waals surface area contributed by atoms with Crippen molar-refractivity contribution in [1.82, 2.24) is 4.98 Å². The van der Waals surface area contributed by atoms with Gasteiger partial charge in [0, 0.05) is 11.1 Å². The minimum Gasteiger partial charge on any atom is -0.383 e. The second kappa shape index (κ2) is 6.13. The van der Waals surface area contributed by atoms with E-state index in [1.165, 1.54) is 12.1 Å². The van der Waals surface area contributed by atoms with Gasteiger partial charge in [-0.1, -0.05) is 42.0 Å². The van der Waals surface area contributed by atoms with Crippen LogP contribution in [0.15, 0.2) is 48.5 Å². The van der Waals surface area contributed by atoms with Crippen LogP contribution in [0.5, 0.6) is 0 Å². The Balaban J connectivity index is 2.32. The van der Waals surface area contributed by atoms with Crippen molar-refractivity contribution in [2.24, 2.45) is 0 Å². The van der Waals surface area contributed by atoms with Crippen molar-refractivity contribution in [2.45, 2.75) is 13.8 Å². The maximum Gasteiger partial charge on any atom is 0.142 e. The molecule has 118 valence electrons. The number of halogens is 1. The Morgan fingerprint density at radius 1 is 1.04 bits per heavy atom. The predicted molar refractivity (Wildman–Crippen MR) is 93.7 cm³/mol. The zero-order chi connectivity index (χ0) is 17.3. The quantitative estimate of drug-likeness (QED) is 0.750. The molecule has 0 aliphatic rings. The monoisotopic (exact) mass is 317 g/mol. The van der Waals surface area contributed by atoms with Gasteiger partial charge in [-0.15, -0.1) is 0 Å². The number of benzene rings is 2. The van der Waals surface area contributed by atoms with Crippen molar-refractivity contribution in [3.05, 3.63) is 71.0 Å². The first-order valence-corrected chi connectivity index (χ1v) is 7.54. The molecule has 4 heteroatoms. The number of aryl methyl sites for hydroxylation is 1. The van der Waals surface area contributed by atoms with Crippen molar-refractivity contribution in [3.63, 3.8) is 0 Å². The summed E-state index contributed by atoms with van der Waals surface area (Å²) in [6.07, 6.45) is 0. The number of nitriles is 1. The van der Waals surface area contributed by atoms with Gasteiger partial charge in [-0.3, -0.25) is 0 Å². The van der Waals surface area contributed by atoms with Crippen molar-refractivity contribution in [2.75, 3.05) is 5.73 Å². The Morgan fingerprint density at radius 2 is 1.75 bits per heavy atom. The molecule has 0 spiro atoms. The van der Waals surface area contributed by atoms with Crippen LogP contribution >= 0.6 is 0 Å². The van der Waals surface area contributed by atoms with E-state index in [-0.39, 0.29) is 17.2 Å². The fraction of sp³-hybridized carbons (Fsp3) is 0.100. The van der Waals surface area contributed by atoms with Gasteiger partial charge >= 0.3 is 0 Å². The van der Waals surface area contributed by atoms with Crippen LogP contribution in [-0.2, 0) is 0 Å². The molecule has 3 rings (SSSR count). The maximum atomic E-state index is 13.7. The minimum absolute atomic E-state index is 0.151. The zero-order valence-corrected chi connectivity index (χ0v) is 13.5. The second-order valence-electron chi connectivity index (χ2n) is 5.71. The highest BCUT2D eigenvalue weighted by Crippen LogP contribution is 2.35. The lowest BCUT2D eigenvalue weighted by Gasteiger charge is -2.15. The summed E-state index contributed by atoms with van der Waals surface area (Å²) in [5, 5.41) is 9.49. The van der Waals surface area contributed by atoms with Crippen LogP contribution in [-0.4, -0.2) is 4.98 Å². The van der Waals surface area contributed by atoms with Crippen LogP contribution in [0.25, 0.3) is 22.4 Å². The number of nitrogens with zero attached hydrogens (tertiary/aromatic N) is 2. The molecule has 0 aliphatic heterocycles. The van der Waals surface area contributed by atoms with E-state index in [4.69, 9.17) is 5.73 Å². The lowest BCUT2D eigenvalue weighted by Crippen LogP contribution is -2.03. The molecule has 0 amide bonds. The van der Waals surface area contributed by atoms with Crippen molar-refractivity contribution in [3.8, 4) is 28.5 Å². The second-order valence-corrected chi connectivity index (χ2v) is 5.71. The third-order valence-electron chi connectivity index (χ3n) is 4.02. The largest absolute Gasteiger partial charge is 0.383 e. The number of pyridine rings is 1. The molecule has 0 aliphatic carbocycles. The fourth-order valence-electron chi connectivity index (χ4n) is 2.80. The summed E-state index contributed by atoms with van der Waals surface area (Å²) in [5.41, 5.74) is 11.1. The normalized spacial score (nSPS) is 10.4. The van der Waals surface area contributed by atoms with Crippen LogP contribution in [0, 0.1) is 31.0 Å². The number of rotatable bonds is 2. The third kappa shape index (κ3) is 2.72. The zero-order valence-electron chi connectivity index (χ0n) is 13.5. The van der Waals surface area contributed by atoms with Gasteiger partial charge in [0.15, 0.2) is 0 Å². The molecule has 0 saturated carbocycles. The summed E-state index contributed by atoms with van der Waals surface area (Å²) in [7, 11) is 0. The van der Waals surface area contributed by atoms with Gasteiger partial charge < -0.3 is 5.73 Å². The lowest BCUT2D eigenvalue weighted by molar-refractivity contribution is 0.628. The minimum atomic E-state index is -0.358. The standard InChI is InChI=1S/C20H16FN3/c1-12-6-8-14(9-7-12)19-13(2)18(17(11-22)20(23)24-19)15-4-3-5-16(21)10-15/h3-10H,1-2H3,(H2,23,24). The van der Waals surface area contributed by atoms with Crippen molar-refractivity contribution in [1.29, 1.82) is 5.26 Å². The van der Waals surface area contributed by atoms with Gasteiger partial charge in [-0.25, -0.2) is 9.37 Å². The number of nitrogen functional groups attached to an aromatic ring is 1. The van der Waals surface area contributed by atoms with E-state index in [1.807, 2.05) is 38.1 Å². The van der Waals surface area contributed by atoms with Crippen LogP contribution in [0.4, 0.5) is 10.2 Å². The molecule has 0 unspecified atom stereocenters. The number of aromatic nitrogens is 1. The SMILES string of the molecule is Cc1ccc(-c2nc(N)c(C#N)c(-c3cccc(F)c3)c2C)cc1. The molecule has 3 nitrogen and oxygen atoms in total. The molecule has 0 saturated heterocycles. The van der Waals surface area contributed by atoms with E-state index in [0.29, 0.717) is 16.8 Å². The average molecular weight is 317 g/mol. The van der Waals surface area contributed by atoms with Gasteiger partial charge in [-0.2, -0.15) is 5.26 Å². The van der Waals surface area contributed by atoms with Crippen LogP contribution in [0.2, 0.25) is 0 Å². The summed E-state index contributed by atoms with van der Waals surface area (Å²) in [4.78, 5) is 4.41. The predicted octanol–water partition coefficient (Wildman–Crippen LogP) is 4.63. The highest BCUT2D eigenvalue weighted by molar-refractivity contribution is 5.84. The summed E-state index contributed by atoms with van der Waals surface area (Å²) in [6, 6.07) is 16.2. The van der Waals surface area contributed by atoms with Gasteiger partial charge in [0.05, 0.1) is 5.69 Å². The molecule has 0 radical (unpaired) electrons. The van der Waals surface area contributed by atoms with E-state index in [2.05, 4.69) is 11.1 Å². The average Bonchev–Trinajstić information content (AvgIpc) is 2.57. The molecular formula is C20H16FN3. The molecule has 2 aromatic carbocycles. The fourth-order valence-corrected chi connectivity index (χ4v) is 2.80. The van der Waals surface area contributed by atoms with E-state index in [9.17, 15) is 9.65 Å². The summed E-state index contributed by atoms with van der Waals surface area (Å²) < 4.78 is 13.7. The Bertz CT molecular complexity index is 954. The van der Waals surface area contributed by atoms with Crippen LogP contribution < -0.4 is 5.73 Å². The Labute approximate surface area is 140 Å². The molecule has 3 aromatic rings. The Kier molecular flexibility index (Phi) is 4.01. The molecular weight excluding hydrogens is 301 g/mol. The third-order valence-corrected chi connectivity index (χ3v) is 4.02. The summed E-state index contributed by atoms with van der Waals surface area (Å²) in [5.74, 6) is -0.207. The van der Waals surface area contributed by atoms with Crippen LogP contribution in [0.3, 0.4) is 0 Å². The van der Waals surface area contributed by atoms with Crippen LogP contribution in [0.1, 0.15) is 16.7 Å². The van der Waals surface area contributed by atoms with E-state index < -0.39 is 0 Å². The molecule has 1 aromatic heterocycles. The van der Waals surface area contributed by atoms with Gasteiger partial charge in [0.1, 0.15) is 23.3 Å². The Hall–Kier alpha value is -3.19. The Morgan fingerprint density at radius 3 is 2.38 bits per heavy atom. The number of hydrogen-bond donors (Lipinski definition) is 1. The molecule has 0 atom stereocenters. The molecule has 0 bridgehead atoms. The molecule has 24 heavy (non-hydrogen) atoms. The number of anilines is 1. The highest BCUT2D eigenvalue weighted by atomic mass is 19.1. The molecule has 1 heterocycles. The highest BCUT2D eigenvalue weighted by Gasteiger charge is 2.18. The summed E-state index contributed by atoms with van der Waals surface area (Å²) in [6.45, 7) is 3.89. The molecule has 2 N–H and O–H groups in total. The van der Waals surface area contributed by atoms with Gasteiger partial charge in [-0.05, 0) is 37.1 Å². The van der Waals surface area contributed by atoms with Crippen molar-refractivity contribution < 1.29 is 4.39 Å². The first-order chi connectivity index (χ1) is 11.5. The first kappa shape index (κ1) is 15.7. The van der Waals surface area contributed by atoms with Gasteiger partial charge in [0.25, 0.3) is 0 Å². The smallest absolute Gasteiger partial charge is 0.142 e. The van der Waals surface area contributed by atoms with E-state index in [1.54, 1.807) is 12.1 Å². The van der Waals surface area contributed by atoms with Crippen molar-refractivity contribution >= 4 is 5.82 Å². The topological polar surface area (TPSA) is 62.7 Å². The maximum absolute atomic E-state index is 13.7. The first-order valence-electron chi connectivity index (χ1n) is 7.54. The van der Waals surface area contributed by atoms with E-state index >= 15 is 0 Å². The van der Waals surface area contributed by atoms with Gasteiger partial charge in [0.2, 0.25) is 0 Å².